The summed E-state index contributed by atoms with van der Waals surface area (Å²) in [4.78, 5) is 17.3. The molecule has 0 fully saturated rings. The Kier molecular flexibility index (Phi) is 9.92. The monoisotopic (exact) mass is 766 g/mol. The SMILES string of the molecule is c1cncc(-c2cccc(-c3cc(-c4cccc(-c5ccncc5)c4)cc(-c4cc(-c5cccc(-c6ccncc6)c5)cc(-c5cccc(-c6cccnc6)c5)c4)c3)c2)c1. The lowest BCUT2D eigenvalue weighted by Gasteiger charge is -2.16. The third-order valence-corrected chi connectivity index (χ3v) is 11.0. The van der Waals surface area contributed by atoms with E-state index in [0.717, 1.165) is 100 Å². The van der Waals surface area contributed by atoms with Crippen molar-refractivity contribution in [2.24, 2.45) is 0 Å². The molecule has 0 amide bonds. The van der Waals surface area contributed by atoms with E-state index in [1.165, 1.54) is 0 Å². The zero-order chi connectivity index (χ0) is 40.1. The number of benzene rings is 6. The average molecular weight is 767 g/mol. The second kappa shape index (κ2) is 16.4. The Morgan fingerprint density at radius 1 is 0.167 bits per heavy atom. The second-order valence-corrected chi connectivity index (χ2v) is 14.9. The van der Waals surface area contributed by atoms with Crippen molar-refractivity contribution in [3.05, 3.63) is 232 Å². The first kappa shape index (κ1) is 36.3. The highest BCUT2D eigenvalue weighted by Crippen LogP contribution is 2.40. The molecule has 0 atom stereocenters. The van der Waals surface area contributed by atoms with E-state index in [2.05, 4.69) is 190 Å². The number of aromatic nitrogens is 4. The van der Waals surface area contributed by atoms with Crippen LogP contribution in [0.25, 0.3) is 100 Å². The Labute approximate surface area is 350 Å². The Balaban J connectivity index is 1.17. The molecule has 60 heavy (non-hydrogen) atoms. The van der Waals surface area contributed by atoms with E-state index in [1.54, 1.807) is 0 Å². The number of rotatable bonds is 9. The number of nitrogens with zero attached hydrogens (tertiary/aromatic N) is 4. The third-order valence-electron chi connectivity index (χ3n) is 11.0. The summed E-state index contributed by atoms with van der Waals surface area (Å²) < 4.78 is 0. The molecule has 10 aromatic rings. The molecule has 4 nitrogen and oxygen atoms in total. The molecule has 10 rings (SSSR count). The Morgan fingerprint density at radius 2 is 0.400 bits per heavy atom. The summed E-state index contributed by atoms with van der Waals surface area (Å²) in [6.45, 7) is 0. The van der Waals surface area contributed by atoms with Gasteiger partial charge in [0.2, 0.25) is 0 Å². The van der Waals surface area contributed by atoms with Gasteiger partial charge >= 0.3 is 0 Å². The summed E-state index contributed by atoms with van der Waals surface area (Å²) in [6, 6.07) is 65.5. The first-order valence-electron chi connectivity index (χ1n) is 20.0. The summed E-state index contributed by atoms with van der Waals surface area (Å²) in [5.74, 6) is 0. The quantitative estimate of drug-likeness (QED) is 0.147. The van der Waals surface area contributed by atoms with Crippen LogP contribution in [0, 0.1) is 0 Å². The molecular weight excluding hydrogens is 729 g/mol. The molecule has 0 aliphatic carbocycles. The van der Waals surface area contributed by atoms with Gasteiger partial charge in [-0.3, -0.25) is 19.9 Å². The van der Waals surface area contributed by atoms with Gasteiger partial charge < -0.3 is 0 Å². The Bertz CT molecular complexity index is 2660. The summed E-state index contributed by atoms with van der Waals surface area (Å²) in [6.07, 6.45) is 14.9. The van der Waals surface area contributed by atoms with Crippen LogP contribution in [0.5, 0.6) is 0 Å². The van der Waals surface area contributed by atoms with Crippen molar-refractivity contribution in [2.45, 2.75) is 0 Å². The summed E-state index contributed by atoms with van der Waals surface area (Å²) >= 11 is 0. The number of hydrogen-bond donors (Lipinski definition) is 0. The van der Waals surface area contributed by atoms with E-state index in [1.807, 2.05) is 61.7 Å². The molecule has 0 aliphatic heterocycles. The van der Waals surface area contributed by atoms with Crippen molar-refractivity contribution in [3.63, 3.8) is 0 Å². The fraction of sp³-hybridized carbons (Fsp3) is 0. The van der Waals surface area contributed by atoms with Gasteiger partial charge in [-0.2, -0.15) is 0 Å². The Morgan fingerprint density at radius 3 is 0.683 bits per heavy atom. The van der Waals surface area contributed by atoms with Crippen LogP contribution in [-0.2, 0) is 0 Å². The minimum absolute atomic E-state index is 1.08. The van der Waals surface area contributed by atoms with Crippen molar-refractivity contribution in [2.75, 3.05) is 0 Å². The van der Waals surface area contributed by atoms with Crippen LogP contribution in [0.15, 0.2) is 232 Å². The molecule has 282 valence electrons. The molecule has 6 aromatic carbocycles. The topological polar surface area (TPSA) is 51.6 Å². The molecule has 0 saturated carbocycles. The van der Waals surface area contributed by atoms with Crippen molar-refractivity contribution in [1.82, 2.24) is 19.9 Å². The number of pyridine rings is 4. The zero-order valence-corrected chi connectivity index (χ0v) is 32.7. The first-order chi connectivity index (χ1) is 29.7. The van der Waals surface area contributed by atoms with Gasteiger partial charge in [0.1, 0.15) is 0 Å². The van der Waals surface area contributed by atoms with Crippen LogP contribution >= 0.6 is 0 Å². The summed E-state index contributed by atoms with van der Waals surface area (Å²) in [5, 5.41) is 0. The normalized spacial score (nSPS) is 11.0. The molecule has 4 heteroatoms. The van der Waals surface area contributed by atoms with Gasteiger partial charge in [0.15, 0.2) is 0 Å². The molecule has 0 radical (unpaired) electrons. The van der Waals surface area contributed by atoms with Gasteiger partial charge in [-0.05, 0) is 186 Å². The van der Waals surface area contributed by atoms with Gasteiger partial charge in [0.25, 0.3) is 0 Å². The van der Waals surface area contributed by atoms with Crippen molar-refractivity contribution < 1.29 is 0 Å². The molecule has 4 aromatic heterocycles. The highest BCUT2D eigenvalue weighted by Gasteiger charge is 2.14. The third kappa shape index (κ3) is 7.78. The van der Waals surface area contributed by atoms with Crippen LogP contribution in [-0.4, -0.2) is 19.9 Å². The maximum Gasteiger partial charge on any atom is 0.0346 e. The van der Waals surface area contributed by atoms with Crippen LogP contribution in [0.4, 0.5) is 0 Å². The van der Waals surface area contributed by atoms with E-state index in [-0.39, 0.29) is 0 Å². The van der Waals surface area contributed by atoms with Gasteiger partial charge in [0, 0.05) is 60.7 Å². The van der Waals surface area contributed by atoms with E-state index < -0.39 is 0 Å². The fourth-order valence-electron chi connectivity index (χ4n) is 7.92. The van der Waals surface area contributed by atoms with Crippen molar-refractivity contribution in [3.8, 4) is 100 Å². The predicted octanol–water partition coefficient (Wildman–Crippen LogP) is 14.3. The largest absolute Gasteiger partial charge is 0.265 e. The molecule has 0 spiro atoms. The minimum atomic E-state index is 1.08. The van der Waals surface area contributed by atoms with Gasteiger partial charge in [0.05, 0.1) is 0 Å². The molecule has 4 heterocycles. The van der Waals surface area contributed by atoms with E-state index in [0.29, 0.717) is 0 Å². The predicted molar refractivity (Wildman–Crippen MR) is 247 cm³/mol. The van der Waals surface area contributed by atoms with Gasteiger partial charge in [-0.25, -0.2) is 0 Å². The van der Waals surface area contributed by atoms with Crippen LogP contribution in [0.3, 0.4) is 0 Å². The highest BCUT2D eigenvalue weighted by molar-refractivity contribution is 5.88. The van der Waals surface area contributed by atoms with E-state index >= 15 is 0 Å². The lowest BCUT2D eigenvalue weighted by Crippen LogP contribution is -1.90. The molecule has 0 aliphatic rings. The van der Waals surface area contributed by atoms with E-state index in [4.69, 9.17) is 0 Å². The second-order valence-electron chi connectivity index (χ2n) is 14.9. The summed E-state index contributed by atoms with van der Waals surface area (Å²) in [7, 11) is 0. The maximum absolute atomic E-state index is 4.41. The smallest absolute Gasteiger partial charge is 0.0346 e. The highest BCUT2D eigenvalue weighted by atomic mass is 14.6. The van der Waals surface area contributed by atoms with Gasteiger partial charge in [-0.1, -0.05) is 84.9 Å². The standard InChI is InChI=1S/C56H38N4/c1-7-41(39-17-23-57-24-18-39)27-45(11-1)51-31-53(47-13-3-9-43(29-47)49-15-5-21-59-37-49)35-55(33-51)56-34-52(46-12-2-8-42(28-46)40-19-25-58-26-20-40)32-54(36-56)48-14-4-10-44(30-48)50-16-6-22-60-38-50/h1-38H. The zero-order valence-electron chi connectivity index (χ0n) is 32.7. The minimum Gasteiger partial charge on any atom is -0.265 e. The average Bonchev–Trinajstić information content (AvgIpc) is 3.35. The Hall–Kier alpha value is -8.08. The van der Waals surface area contributed by atoms with Gasteiger partial charge in [-0.15, -0.1) is 0 Å². The molecular formula is C56H38N4. The van der Waals surface area contributed by atoms with Crippen LogP contribution in [0.1, 0.15) is 0 Å². The summed E-state index contributed by atoms with van der Waals surface area (Å²) in [5.41, 5.74) is 20.3. The first-order valence-corrected chi connectivity index (χ1v) is 20.0. The molecule has 0 saturated heterocycles. The molecule has 0 N–H and O–H groups in total. The molecule has 0 bridgehead atoms. The van der Waals surface area contributed by atoms with Crippen LogP contribution < -0.4 is 0 Å². The fourth-order valence-corrected chi connectivity index (χ4v) is 7.92. The van der Waals surface area contributed by atoms with Crippen LogP contribution in [0.2, 0.25) is 0 Å². The van der Waals surface area contributed by atoms with Crippen molar-refractivity contribution in [1.29, 1.82) is 0 Å². The molecule has 0 unspecified atom stereocenters. The lowest BCUT2D eigenvalue weighted by molar-refractivity contribution is 1.33. The maximum atomic E-state index is 4.41. The van der Waals surface area contributed by atoms with E-state index in [9.17, 15) is 0 Å². The van der Waals surface area contributed by atoms with Crippen molar-refractivity contribution >= 4 is 0 Å². The number of hydrogen-bond acceptors (Lipinski definition) is 4. The lowest BCUT2D eigenvalue weighted by atomic mass is 9.88.